The number of alkyl halides is 3. The van der Waals surface area contributed by atoms with E-state index in [1.54, 1.807) is 6.07 Å². The van der Waals surface area contributed by atoms with E-state index in [1.165, 1.54) is 12.1 Å². The van der Waals surface area contributed by atoms with Crippen LogP contribution in [0.25, 0.3) is 10.9 Å². The minimum absolute atomic E-state index is 0.179. The van der Waals surface area contributed by atoms with Gasteiger partial charge in [0.2, 0.25) is 0 Å². The van der Waals surface area contributed by atoms with Gasteiger partial charge in [-0.15, -0.1) is 13.2 Å². The summed E-state index contributed by atoms with van der Waals surface area (Å²) in [4.78, 5) is 3.08. The van der Waals surface area contributed by atoms with E-state index in [0.717, 1.165) is 29.3 Å². The van der Waals surface area contributed by atoms with Gasteiger partial charge in [0.25, 0.3) is 0 Å². The Balaban J connectivity index is 2.26. The van der Waals surface area contributed by atoms with Crippen LogP contribution in [-0.4, -0.2) is 11.3 Å². The number of aryl methyl sites for hydroxylation is 1. The number of H-pyrrole nitrogens is 1. The average molecular weight is 285 g/mol. The molecule has 2 rings (SSSR count). The highest BCUT2D eigenvalue weighted by Gasteiger charge is 2.31. The van der Waals surface area contributed by atoms with Gasteiger partial charge in [0.1, 0.15) is 5.75 Å². The fourth-order valence-corrected chi connectivity index (χ4v) is 2.07. The lowest BCUT2D eigenvalue weighted by Gasteiger charge is -2.17. The number of aromatic amines is 1. The monoisotopic (exact) mass is 285 g/mol. The van der Waals surface area contributed by atoms with Gasteiger partial charge in [0, 0.05) is 17.1 Å². The Labute approximate surface area is 115 Å². The van der Waals surface area contributed by atoms with Crippen molar-refractivity contribution in [3.8, 4) is 5.75 Å². The van der Waals surface area contributed by atoms with Crippen LogP contribution in [0.1, 0.15) is 32.8 Å². The first-order valence-corrected chi connectivity index (χ1v) is 6.50. The Bertz CT molecular complexity index is 593. The Morgan fingerprint density at radius 2 is 1.85 bits per heavy atom. The molecule has 0 spiro atoms. The second-order valence-electron chi connectivity index (χ2n) is 6.13. The fraction of sp³-hybridized carbons (Fsp3) is 0.467. The summed E-state index contributed by atoms with van der Waals surface area (Å²) in [6.45, 7) is 6.42. The SMILES string of the molecule is CC(C)(C)CCc1c[nH]c2ccc(OC(F)(F)F)cc12. The first kappa shape index (κ1) is 14.8. The van der Waals surface area contributed by atoms with Gasteiger partial charge in [-0.2, -0.15) is 0 Å². The molecule has 0 saturated carbocycles. The molecule has 0 unspecified atom stereocenters. The van der Waals surface area contributed by atoms with E-state index in [2.05, 4.69) is 30.5 Å². The van der Waals surface area contributed by atoms with E-state index < -0.39 is 6.36 Å². The minimum Gasteiger partial charge on any atom is -0.406 e. The Hall–Kier alpha value is -1.65. The fourth-order valence-electron chi connectivity index (χ4n) is 2.07. The van der Waals surface area contributed by atoms with Crippen molar-refractivity contribution < 1.29 is 17.9 Å². The smallest absolute Gasteiger partial charge is 0.406 e. The molecule has 20 heavy (non-hydrogen) atoms. The van der Waals surface area contributed by atoms with E-state index in [0.29, 0.717) is 0 Å². The molecule has 0 atom stereocenters. The molecule has 1 aromatic heterocycles. The molecule has 0 aliphatic rings. The number of ether oxygens (including phenoxy) is 1. The van der Waals surface area contributed by atoms with Gasteiger partial charge in [0.15, 0.2) is 0 Å². The third-order valence-corrected chi connectivity index (χ3v) is 3.12. The second kappa shape index (κ2) is 5.04. The van der Waals surface area contributed by atoms with Crippen LogP contribution in [0.3, 0.4) is 0 Å². The normalized spacial score (nSPS) is 12.9. The van der Waals surface area contributed by atoms with Gasteiger partial charge in [0.05, 0.1) is 0 Å². The molecule has 1 aromatic carbocycles. The van der Waals surface area contributed by atoms with Gasteiger partial charge in [-0.1, -0.05) is 20.8 Å². The van der Waals surface area contributed by atoms with E-state index >= 15 is 0 Å². The Kier molecular flexibility index (Phi) is 3.71. The van der Waals surface area contributed by atoms with Crippen LogP contribution in [-0.2, 0) is 6.42 Å². The number of hydrogen-bond donors (Lipinski definition) is 1. The van der Waals surface area contributed by atoms with Gasteiger partial charge in [-0.25, -0.2) is 0 Å². The number of halogens is 3. The van der Waals surface area contributed by atoms with Crippen molar-refractivity contribution in [1.82, 2.24) is 4.98 Å². The van der Waals surface area contributed by atoms with Crippen LogP contribution in [0.2, 0.25) is 0 Å². The summed E-state index contributed by atoms with van der Waals surface area (Å²) in [6.07, 6.45) is -1.02. The molecule has 2 aromatic rings. The van der Waals surface area contributed by atoms with Crippen molar-refractivity contribution in [2.75, 3.05) is 0 Å². The number of hydrogen-bond acceptors (Lipinski definition) is 1. The first-order valence-electron chi connectivity index (χ1n) is 6.50. The summed E-state index contributed by atoms with van der Waals surface area (Å²) in [7, 11) is 0. The van der Waals surface area contributed by atoms with E-state index in [4.69, 9.17) is 0 Å². The number of aromatic nitrogens is 1. The number of benzene rings is 1. The molecule has 2 nitrogen and oxygen atoms in total. The zero-order valence-electron chi connectivity index (χ0n) is 11.8. The highest BCUT2D eigenvalue weighted by molar-refractivity contribution is 5.84. The molecule has 1 heterocycles. The van der Waals surface area contributed by atoms with Gasteiger partial charge < -0.3 is 9.72 Å². The Morgan fingerprint density at radius 1 is 1.15 bits per heavy atom. The number of rotatable bonds is 3. The second-order valence-corrected chi connectivity index (χ2v) is 6.13. The lowest BCUT2D eigenvalue weighted by atomic mass is 9.88. The van der Waals surface area contributed by atoms with E-state index in [1.807, 2.05) is 6.20 Å². The standard InChI is InChI=1S/C15H18F3NO/c1-14(2,3)7-6-10-9-19-13-5-4-11(8-12(10)13)20-15(16,17)18/h4-5,8-9,19H,6-7H2,1-3H3. The summed E-state index contributed by atoms with van der Waals surface area (Å²) >= 11 is 0. The first-order chi connectivity index (χ1) is 9.14. The summed E-state index contributed by atoms with van der Waals surface area (Å²) in [5, 5.41) is 0.788. The van der Waals surface area contributed by atoms with Crippen molar-refractivity contribution in [3.63, 3.8) is 0 Å². The van der Waals surface area contributed by atoms with Crippen molar-refractivity contribution in [3.05, 3.63) is 30.0 Å². The molecular weight excluding hydrogens is 267 g/mol. The topological polar surface area (TPSA) is 25.0 Å². The highest BCUT2D eigenvalue weighted by Crippen LogP contribution is 2.30. The van der Waals surface area contributed by atoms with Gasteiger partial charge >= 0.3 is 6.36 Å². The van der Waals surface area contributed by atoms with Crippen molar-refractivity contribution >= 4 is 10.9 Å². The van der Waals surface area contributed by atoms with E-state index in [9.17, 15) is 13.2 Å². The van der Waals surface area contributed by atoms with Crippen molar-refractivity contribution in [1.29, 1.82) is 0 Å². The highest BCUT2D eigenvalue weighted by atomic mass is 19.4. The zero-order chi connectivity index (χ0) is 15.0. The molecule has 0 fully saturated rings. The molecule has 0 bridgehead atoms. The molecule has 110 valence electrons. The van der Waals surface area contributed by atoms with Crippen molar-refractivity contribution in [2.24, 2.45) is 5.41 Å². The quantitative estimate of drug-likeness (QED) is 0.839. The molecule has 0 radical (unpaired) electrons. The number of fused-ring (bicyclic) bond motifs is 1. The maximum absolute atomic E-state index is 12.2. The third-order valence-electron chi connectivity index (χ3n) is 3.12. The third kappa shape index (κ3) is 3.92. The maximum Gasteiger partial charge on any atom is 0.573 e. The summed E-state index contributed by atoms with van der Waals surface area (Å²) < 4.78 is 40.7. The summed E-state index contributed by atoms with van der Waals surface area (Å²) in [5.41, 5.74) is 2.02. The van der Waals surface area contributed by atoms with Crippen LogP contribution in [0.4, 0.5) is 13.2 Å². The summed E-state index contributed by atoms with van der Waals surface area (Å²) in [6, 6.07) is 4.37. The molecule has 0 aliphatic heterocycles. The molecule has 5 heteroatoms. The summed E-state index contributed by atoms with van der Waals surface area (Å²) in [5.74, 6) is -0.179. The molecule has 0 aliphatic carbocycles. The van der Waals surface area contributed by atoms with Crippen LogP contribution in [0, 0.1) is 5.41 Å². The predicted octanol–water partition coefficient (Wildman–Crippen LogP) is 5.05. The molecule has 1 N–H and O–H groups in total. The van der Waals surface area contributed by atoms with Crippen LogP contribution in [0.15, 0.2) is 24.4 Å². The molecular formula is C15H18F3NO. The molecule has 0 amide bonds. The van der Waals surface area contributed by atoms with Crippen molar-refractivity contribution in [2.45, 2.75) is 40.0 Å². The average Bonchev–Trinajstić information content (AvgIpc) is 2.65. The minimum atomic E-state index is -4.66. The lowest BCUT2D eigenvalue weighted by Crippen LogP contribution is -2.17. The maximum atomic E-state index is 12.2. The zero-order valence-corrected chi connectivity index (χ0v) is 11.8. The van der Waals surface area contributed by atoms with Gasteiger partial charge in [-0.3, -0.25) is 0 Å². The Morgan fingerprint density at radius 3 is 2.45 bits per heavy atom. The van der Waals surface area contributed by atoms with Crippen LogP contribution < -0.4 is 4.74 Å². The predicted molar refractivity (Wildman–Crippen MR) is 72.8 cm³/mol. The van der Waals surface area contributed by atoms with Crippen LogP contribution >= 0.6 is 0 Å². The van der Waals surface area contributed by atoms with Gasteiger partial charge in [-0.05, 0) is 42.0 Å². The lowest BCUT2D eigenvalue weighted by molar-refractivity contribution is -0.274. The molecule has 0 saturated heterocycles. The number of nitrogens with one attached hydrogen (secondary N) is 1. The van der Waals surface area contributed by atoms with E-state index in [-0.39, 0.29) is 11.2 Å². The van der Waals surface area contributed by atoms with Crippen LogP contribution in [0.5, 0.6) is 5.75 Å². The largest absolute Gasteiger partial charge is 0.573 e.